The molecule has 1 fully saturated rings. The molecule has 0 aromatic carbocycles. The predicted octanol–water partition coefficient (Wildman–Crippen LogP) is 0.736. The van der Waals surface area contributed by atoms with Crippen molar-refractivity contribution in [2.75, 3.05) is 12.3 Å². The quantitative estimate of drug-likeness (QED) is 0.709. The van der Waals surface area contributed by atoms with Crippen molar-refractivity contribution < 1.29 is 4.79 Å². The smallest absolute Gasteiger partial charge is 0.221 e. The molecule has 0 saturated carbocycles. The van der Waals surface area contributed by atoms with Crippen LogP contribution in [-0.4, -0.2) is 29.5 Å². The lowest BCUT2D eigenvalue weighted by Gasteiger charge is -2.26. The van der Waals surface area contributed by atoms with Gasteiger partial charge in [-0.15, -0.1) is 0 Å². The molecule has 1 amide bonds. The Morgan fingerprint density at radius 2 is 2.38 bits per heavy atom. The Kier molecular flexibility index (Phi) is 4.59. The van der Waals surface area contributed by atoms with Crippen molar-refractivity contribution in [3.05, 3.63) is 0 Å². The van der Waals surface area contributed by atoms with Gasteiger partial charge in [0.2, 0.25) is 5.91 Å². The average molecular weight is 202 g/mol. The molecule has 76 valence electrons. The van der Waals surface area contributed by atoms with Crippen LogP contribution >= 0.6 is 11.8 Å². The van der Waals surface area contributed by atoms with Crippen LogP contribution in [0.4, 0.5) is 0 Å². The second kappa shape index (κ2) is 5.50. The Morgan fingerprint density at radius 1 is 1.62 bits per heavy atom. The molecule has 1 aliphatic heterocycles. The van der Waals surface area contributed by atoms with Crippen LogP contribution in [0, 0.1) is 0 Å². The minimum absolute atomic E-state index is 0.0997. The van der Waals surface area contributed by atoms with Gasteiger partial charge in [-0.25, -0.2) is 0 Å². The molecule has 1 aliphatic rings. The van der Waals surface area contributed by atoms with E-state index in [-0.39, 0.29) is 5.91 Å². The number of hydrogen-bond donors (Lipinski definition) is 2. The van der Waals surface area contributed by atoms with E-state index in [2.05, 4.69) is 12.2 Å². The second-order valence-electron chi connectivity index (χ2n) is 3.52. The summed E-state index contributed by atoms with van der Waals surface area (Å²) in [4.78, 5) is 11.2. The molecule has 0 aromatic heterocycles. The first kappa shape index (κ1) is 10.9. The van der Waals surface area contributed by atoms with Crippen LogP contribution in [0.5, 0.6) is 0 Å². The molecule has 3 N–H and O–H groups in total. The summed E-state index contributed by atoms with van der Waals surface area (Å²) < 4.78 is 0. The van der Waals surface area contributed by atoms with Gasteiger partial charge in [0.05, 0.1) is 0 Å². The van der Waals surface area contributed by atoms with Crippen molar-refractivity contribution in [3.63, 3.8) is 0 Å². The van der Waals surface area contributed by atoms with Gasteiger partial charge in [0.1, 0.15) is 0 Å². The molecular formula is C9H18N2OS. The summed E-state index contributed by atoms with van der Waals surface area (Å²) >= 11 is 1.94. The highest BCUT2D eigenvalue weighted by Gasteiger charge is 2.19. The molecule has 0 aromatic rings. The van der Waals surface area contributed by atoms with Gasteiger partial charge in [-0.1, -0.05) is 6.92 Å². The van der Waals surface area contributed by atoms with Crippen LogP contribution in [0.2, 0.25) is 0 Å². The lowest BCUT2D eigenvalue weighted by atomic mass is 10.1. The van der Waals surface area contributed by atoms with E-state index in [4.69, 9.17) is 5.73 Å². The second-order valence-corrected chi connectivity index (χ2v) is 5.00. The predicted molar refractivity (Wildman–Crippen MR) is 56.8 cm³/mol. The summed E-state index contributed by atoms with van der Waals surface area (Å²) in [6, 6.07) is 0.375. The van der Waals surface area contributed by atoms with Gasteiger partial charge in [-0.2, -0.15) is 11.8 Å². The van der Waals surface area contributed by atoms with E-state index in [9.17, 15) is 4.79 Å². The maximum atomic E-state index is 11.2. The van der Waals surface area contributed by atoms with Crippen molar-refractivity contribution >= 4 is 17.7 Å². The first-order valence-corrected chi connectivity index (χ1v) is 5.88. The maximum Gasteiger partial charge on any atom is 0.221 e. The normalized spacial score (nSPS) is 28.5. The third-order valence-corrected chi connectivity index (χ3v) is 3.64. The number of amides is 1. The molecule has 0 bridgehead atoms. The molecule has 3 nitrogen and oxygen atoms in total. The van der Waals surface area contributed by atoms with Gasteiger partial charge in [-0.3, -0.25) is 4.79 Å². The lowest BCUT2D eigenvalue weighted by Crippen LogP contribution is -2.40. The molecule has 1 heterocycles. The van der Waals surface area contributed by atoms with E-state index in [0.717, 1.165) is 17.4 Å². The first-order valence-electron chi connectivity index (χ1n) is 4.83. The van der Waals surface area contributed by atoms with Gasteiger partial charge >= 0.3 is 0 Å². The highest BCUT2D eigenvalue weighted by atomic mass is 32.2. The van der Waals surface area contributed by atoms with E-state index >= 15 is 0 Å². The third kappa shape index (κ3) is 4.00. The molecular weight excluding hydrogens is 184 g/mol. The van der Waals surface area contributed by atoms with E-state index in [1.807, 2.05) is 11.8 Å². The Labute approximate surface area is 83.8 Å². The number of nitrogens with one attached hydrogen (secondary N) is 1. The van der Waals surface area contributed by atoms with Crippen molar-refractivity contribution in [2.45, 2.75) is 37.5 Å². The SMILES string of the molecule is CC1CCC(NC(=O)CCN)CS1. The molecule has 0 aliphatic carbocycles. The van der Waals surface area contributed by atoms with Crippen molar-refractivity contribution in [1.29, 1.82) is 0 Å². The van der Waals surface area contributed by atoms with Crippen LogP contribution in [0.3, 0.4) is 0 Å². The van der Waals surface area contributed by atoms with E-state index < -0.39 is 0 Å². The van der Waals surface area contributed by atoms with E-state index in [0.29, 0.717) is 19.0 Å². The Bertz CT molecular complexity index is 167. The maximum absolute atomic E-state index is 11.2. The molecule has 2 atom stereocenters. The van der Waals surface area contributed by atoms with Crippen LogP contribution in [0.1, 0.15) is 26.2 Å². The minimum atomic E-state index is 0.0997. The Hall–Kier alpha value is -0.220. The topological polar surface area (TPSA) is 55.1 Å². The molecule has 1 rings (SSSR count). The summed E-state index contributed by atoms with van der Waals surface area (Å²) in [5.41, 5.74) is 5.29. The summed E-state index contributed by atoms with van der Waals surface area (Å²) in [6.45, 7) is 2.69. The Morgan fingerprint density at radius 3 is 2.92 bits per heavy atom. The van der Waals surface area contributed by atoms with Crippen LogP contribution in [0.15, 0.2) is 0 Å². The van der Waals surface area contributed by atoms with Crippen molar-refractivity contribution in [3.8, 4) is 0 Å². The molecule has 0 spiro atoms. The summed E-state index contributed by atoms with van der Waals surface area (Å²) in [6.07, 6.45) is 2.78. The zero-order valence-corrected chi connectivity index (χ0v) is 8.90. The monoisotopic (exact) mass is 202 g/mol. The van der Waals surface area contributed by atoms with Gasteiger partial charge in [-0.05, 0) is 12.8 Å². The Balaban J connectivity index is 2.18. The van der Waals surface area contributed by atoms with Crippen LogP contribution < -0.4 is 11.1 Å². The van der Waals surface area contributed by atoms with E-state index in [1.54, 1.807) is 0 Å². The summed E-state index contributed by atoms with van der Waals surface area (Å²) in [7, 11) is 0. The lowest BCUT2D eigenvalue weighted by molar-refractivity contribution is -0.121. The third-order valence-electron chi connectivity index (χ3n) is 2.24. The van der Waals surface area contributed by atoms with Gasteiger partial charge in [0, 0.05) is 30.0 Å². The largest absolute Gasteiger partial charge is 0.353 e. The standard InChI is InChI=1S/C9H18N2OS/c1-7-2-3-8(6-13-7)11-9(12)4-5-10/h7-8H,2-6,10H2,1H3,(H,11,12). The molecule has 4 heteroatoms. The highest BCUT2D eigenvalue weighted by molar-refractivity contribution is 7.99. The zero-order valence-electron chi connectivity index (χ0n) is 8.08. The number of thioether (sulfide) groups is 1. The van der Waals surface area contributed by atoms with E-state index in [1.165, 1.54) is 6.42 Å². The first-order chi connectivity index (χ1) is 6.22. The number of rotatable bonds is 3. The minimum Gasteiger partial charge on any atom is -0.353 e. The fourth-order valence-electron chi connectivity index (χ4n) is 1.43. The van der Waals surface area contributed by atoms with Crippen LogP contribution in [-0.2, 0) is 4.79 Å². The number of hydrogen-bond acceptors (Lipinski definition) is 3. The van der Waals surface area contributed by atoms with Gasteiger partial charge < -0.3 is 11.1 Å². The average Bonchev–Trinajstić information content (AvgIpc) is 2.09. The number of carbonyl (C=O) groups excluding carboxylic acids is 1. The molecule has 1 saturated heterocycles. The van der Waals surface area contributed by atoms with Crippen LogP contribution in [0.25, 0.3) is 0 Å². The summed E-state index contributed by atoms with van der Waals surface area (Å²) in [5, 5.41) is 3.75. The number of nitrogens with two attached hydrogens (primary N) is 1. The molecule has 2 unspecified atom stereocenters. The molecule has 13 heavy (non-hydrogen) atoms. The van der Waals surface area contributed by atoms with Gasteiger partial charge in [0.25, 0.3) is 0 Å². The van der Waals surface area contributed by atoms with Crippen molar-refractivity contribution in [2.24, 2.45) is 5.73 Å². The molecule has 0 radical (unpaired) electrons. The number of carbonyl (C=O) groups is 1. The van der Waals surface area contributed by atoms with Gasteiger partial charge in [0.15, 0.2) is 0 Å². The summed E-state index contributed by atoms with van der Waals surface area (Å²) in [5.74, 6) is 1.15. The van der Waals surface area contributed by atoms with Crippen molar-refractivity contribution in [1.82, 2.24) is 5.32 Å². The highest BCUT2D eigenvalue weighted by Crippen LogP contribution is 2.24. The fourth-order valence-corrected chi connectivity index (χ4v) is 2.54. The zero-order chi connectivity index (χ0) is 9.68. The fraction of sp³-hybridized carbons (Fsp3) is 0.889.